The average Bonchev–Trinajstić information content (AvgIpc) is 2.90. The highest BCUT2D eigenvalue weighted by molar-refractivity contribution is 8.00. The van der Waals surface area contributed by atoms with E-state index < -0.39 is 6.04 Å². The number of carbonyl (C=O) groups is 2. The first-order chi connectivity index (χ1) is 8.65. The molecule has 0 spiro atoms. The van der Waals surface area contributed by atoms with Gasteiger partial charge in [-0.3, -0.25) is 14.9 Å². The minimum absolute atomic E-state index is 0.0368. The summed E-state index contributed by atoms with van der Waals surface area (Å²) >= 11 is 1.62. The molecule has 18 heavy (non-hydrogen) atoms. The zero-order chi connectivity index (χ0) is 13.4. The predicted octanol–water partition coefficient (Wildman–Crippen LogP) is -0.564. The van der Waals surface area contributed by atoms with E-state index >= 15 is 0 Å². The van der Waals surface area contributed by atoms with Gasteiger partial charge in [-0.1, -0.05) is 0 Å². The molecule has 4 N–H and O–H groups in total. The number of nitrogens with two attached hydrogens (primary N) is 1. The molecule has 1 amide bonds. The summed E-state index contributed by atoms with van der Waals surface area (Å²) in [4.78, 5) is 22.6. The molecule has 1 saturated heterocycles. The van der Waals surface area contributed by atoms with Gasteiger partial charge in [0.1, 0.15) is 11.4 Å². The SMILES string of the molecule is COC(=O)C(N)CCCCNC(=O)C1NCCS1. The smallest absolute Gasteiger partial charge is 0.322 e. The Hall–Kier alpha value is -0.790. The van der Waals surface area contributed by atoms with E-state index in [1.165, 1.54) is 7.11 Å². The van der Waals surface area contributed by atoms with E-state index in [0.29, 0.717) is 13.0 Å². The zero-order valence-corrected chi connectivity index (χ0v) is 11.4. The predicted molar refractivity (Wildman–Crippen MR) is 71.1 cm³/mol. The Kier molecular flexibility index (Phi) is 7.07. The number of unbranched alkanes of at least 4 members (excludes halogenated alkanes) is 1. The second kappa shape index (κ2) is 8.34. The molecule has 0 aromatic rings. The number of nitrogens with one attached hydrogen (secondary N) is 2. The maximum Gasteiger partial charge on any atom is 0.322 e. The maximum atomic E-state index is 11.6. The van der Waals surface area contributed by atoms with Gasteiger partial charge in [-0.15, -0.1) is 11.8 Å². The maximum absolute atomic E-state index is 11.6. The van der Waals surface area contributed by atoms with Crippen LogP contribution in [0.3, 0.4) is 0 Å². The molecule has 0 bridgehead atoms. The Morgan fingerprint density at radius 2 is 2.33 bits per heavy atom. The minimum atomic E-state index is -0.558. The van der Waals surface area contributed by atoms with E-state index in [-0.39, 0.29) is 17.3 Å². The van der Waals surface area contributed by atoms with Crippen LogP contribution in [-0.4, -0.2) is 49.2 Å². The minimum Gasteiger partial charge on any atom is -0.468 e. The van der Waals surface area contributed by atoms with Crippen molar-refractivity contribution in [1.82, 2.24) is 10.6 Å². The molecule has 0 aromatic carbocycles. The summed E-state index contributed by atoms with van der Waals surface area (Å²) in [6.07, 6.45) is 2.19. The summed E-state index contributed by atoms with van der Waals surface area (Å²) in [5.74, 6) is 0.631. The second-order valence-electron chi connectivity index (χ2n) is 4.12. The van der Waals surface area contributed by atoms with Crippen LogP contribution >= 0.6 is 11.8 Å². The van der Waals surface area contributed by atoms with Gasteiger partial charge in [0.05, 0.1) is 7.11 Å². The Bertz CT molecular complexity index is 283. The molecule has 7 heteroatoms. The Balaban J connectivity index is 2.01. The Morgan fingerprint density at radius 1 is 1.56 bits per heavy atom. The molecule has 1 fully saturated rings. The van der Waals surface area contributed by atoms with E-state index in [4.69, 9.17) is 5.73 Å². The first kappa shape index (κ1) is 15.3. The van der Waals surface area contributed by atoms with Crippen molar-refractivity contribution in [2.24, 2.45) is 5.73 Å². The number of hydrogen-bond donors (Lipinski definition) is 3. The summed E-state index contributed by atoms with van der Waals surface area (Å²) in [5.41, 5.74) is 5.59. The van der Waals surface area contributed by atoms with Crippen LogP contribution in [0.25, 0.3) is 0 Å². The van der Waals surface area contributed by atoms with E-state index in [2.05, 4.69) is 15.4 Å². The van der Waals surface area contributed by atoms with Crippen LogP contribution in [0.4, 0.5) is 0 Å². The monoisotopic (exact) mass is 275 g/mol. The fourth-order valence-electron chi connectivity index (χ4n) is 1.66. The summed E-state index contributed by atoms with van der Waals surface area (Å²) in [6, 6.07) is -0.558. The lowest BCUT2D eigenvalue weighted by atomic mass is 10.1. The van der Waals surface area contributed by atoms with Gasteiger partial charge >= 0.3 is 5.97 Å². The molecule has 6 nitrogen and oxygen atoms in total. The number of amides is 1. The lowest BCUT2D eigenvalue weighted by Gasteiger charge is -2.11. The molecule has 1 aliphatic rings. The highest BCUT2D eigenvalue weighted by Crippen LogP contribution is 2.13. The quantitative estimate of drug-likeness (QED) is 0.426. The van der Waals surface area contributed by atoms with E-state index in [0.717, 1.165) is 25.1 Å². The largest absolute Gasteiger partial charge is 0.468 e. The first-order valence-electron chi connectivity index (χ1n) is 6.11. The standard InChI is InChI=1S/C11H21N3O3S/c1-17-11(16)8(12)4-2-3-5-13-9(15)10-14-6-7-18-10/h8,10,14H,2-7,12H2,1H3,(H,13,15). The van der Waals surface area contributed by atoms with Crippen LogP contribution < -0.4 is 16.4 Å². The fraction of sp³-hybridized carbons (Fsp3) is 0.818. The van der Waals surface area contributed by atoms with Gasteiger partial charge < -0.3 is 15.8 Å². The molecular formula is C11H21N3O3S. The number of thioether (sulfide) groups is 1. The lowest BCUT2D eigenvalue weighted by Crippen LogP contribution is -2.39. The van der Waals surface area contributed by atoms with Crippen LogP contribution in [0.5, 0.6) is 0 Å². The summed E-state index contributed by atoms with van der Waals surface area (Å²) < 4.78 is 4.53. The van der Waals surface area contributed by atoms with Crippen LogP contribution in [0.2, 0.25) is 0 Å². The van der Waals surface area contributed by atoms with Crippen molar-refractivity contribution in [2.75, 3.05) is 26.0 Å². The molecule has 0 aromatic heterocycles. The summed E-state index contributed by atoms with van der Waals surface area (Å²) in [6.45, 7) is 1.50. The highest BCUT2D eigenvalue weighted by Gasteiger charge is 2.21. The van der Waals surface area contributed by atoms with Gasteiger partial charge in [-0.05, 0) is 19.3 Å². The third-order valence-electron chi connectivity index (χ3n) is 2.70. The molecular weight excluding hydrogens is 254 g/mol. The molecule has 1 rings (SSSR count). The van der Waals surface area contributed by atoms with Crippen molar-refractivity contribution in [3.63, 3.8) is 0 Å². The van der Waals surface area contributed by atoms with Crippen LogP contribution in [0.1, 0.15) is 19.3 Å². The van der Waals surface area contributed by atoms with E-state index in [9.17, 15) is 9.59 Å². The van der Waals surface area contributed by atoms with Crippen molar-refractivity contribution in [3.05, 3.63) is 0 Å². The Morgan fingerprint density at radius 3 is 2.94 bits per heavy atom. The van der Waals surface area contributed by atoms with Crippen molar-refractivity contribution in [3.8, 4) is 0 Å². The number of esters is 1. The van der Waals surface area contributed by atoms with Crippen molar-refractivity contribution < 1.29 is 14.3 Å². The van der Waals surface area contributed by atoms with Gasteiger partial charge in [-0.2, -0.15) is 0 Å². The molecule has 0 radical (unpaired) electrons. The van der Waals surface area contributed by atoms with Crippen LogP contribution in [-0.2, 0) is 14.3 Å². The number of ether oxygens (including phenoxy) is 1. The van der Waals surface area contributed by atoms with Gasteiger partial charge in [0.2, 0.25) is 5.91 Å². The molecule has 1 heterocycles. The third-order valence-corrected chi connectivity index (χ3v) is 3.85. The molecule has 2 unspecified atom stereocenters. The molecule has 2 atom stereocenters. The van der Waals surface area contributed by atoms with Crippen LogP contribution in [0.15, 0.2) is 0 Å². The number of rotatable bonds is 7. The van der Waals surface area contributed by atoms with E-state index in [1.54, 1.807) is 11.8 Å². The lowest BCUT2D eigenvalue weighted by molar-refractivity contribution is -0.142. The number of hydrogen-bond acceptors (Lipinski definition) is 6. The van der Waals surface area contributed by atoms with Crippen LogP contribution in [0, 0.1) is 0 Å². The molecule has 0 saturated carbocycles. The van der Waals surface area contributed by atoms with Gasteiger partial charge in [0, 0.05) is 18.8 Å². The number of methoxy groups -OCH3 is 1. The van der Waals surface area contributed by atoms with Gasteiger partial charge in [-0.25, -0.2) is 0 Å². The molecule has 104 valence electrons. The third kappa shape index (κ3) is 5.24. The Labute approximate surface area is 111 Å². The normalized spacial score (nSPS) is 20.4. The average molecular weight is 275 g/mol. The molecule has 0 aliphatic carbocycles. The van der Waals surface area contributed by atoms with E-state index in [1.807, 2.05) is 0 Å². The zero-order valence-electron chi connectivity index (χ0n) is 10.6. The van der Waals surface area contributed by atoms with Gasteiger partial charge in [0.25, 0.3) is 0 Å². The summed E-state index contributed by atoms with van der Waals surface area (Å²) in [7, 11) is 1.33. The summed E-state index contributed by atoms with van der Waals surface area (Å²) in [5, 5.41) is 5.86. The van der Waals surface area contributed by atoms with Crippen molar-refractivity contribution >= 4 is 23.6 Å². The van der Waals surface area contributed by atoms with Crippen molar-refractivity contribution in [1.29, 1.82) is 0 Å². The topological polar surface area (TPSA) is 93.4 Å². The van der Waals surface area contributed by atoms with Crippen molar-refractivity contribution in [2.45, 2.75) is 30.7 Å². The van der Waals surface area contributed by atoms with Gasteiger partial charge in [0.15, 0.2) is 0 Å². The fourth-order valence-corrected chi connectivity index (χ4v) is 2.60. The highest BCUT2D eigenvalue weighted by atomic mass is 32.2. The first-order valence-corrected chi connectivity index (χ1v) is 7.16. The second-order valence-corrected chi connectivity index (χ2v) is 5.33. The molecule has 1 aliphatic heterocycles. The number of carbonyl (C=O) groups excluding carboxylic acids is 2.